The molecule has 2 aromatic carbocycles. The summed E-state index contributed by atoms with van der Waals surface area (Å²) in [4.78, 5) is 0. The first-order chi connectivity index (χ1) is 10.6. The standard InChI is InChI=1S/C21H28ClP/c1-20(2,3)23(22,21(4,5)6)19(17-13-9-7-10-14-17)18-15-11-8-12-16-18/h7-16H,1-6H3. The number of benzene rings is 2. The van der Waals surface area contributed by atoms with E-state index in [0.29, 0.717) is 0 Å². The predicted octanol–water partition coefficient (Wildman–Crippen LogP) is 7.02. The lowest BCUT2D eigenvalue weighted by Crippen LogP contribution is -2.30. The van der Waals surface area contributed by atoms with Gasteiger partial charge in [0.2, 0.25) is 0 Å². The van der Waals surface area contributed by atoms with Gasteiger partial charge in [0.15, 0.2) is 0 Å². The van der Waals surface area contributed by atoms with Crippen LogP contribution >= 0.6 is 17.5 Å². The average Bonchev–Trinajstić information content (AvgIpc) is 2.47. The normalized spacial score (nSPS) is 13.0. The van der Waals surface area contributed by atoms with E-state index in [1.807, 2.05) is 0 Å². The molecular weight excluding hydrogens is 319 g/mol. The van der Waals surface area contributed by atoms with E-state index in [1.54, 1.807) is 0 Å². The van der Waals surface area contributed by atoms with Gasteiger partial charge >= 0.3 is 0 Å². The molecule has 0 heterocycles. The lowest BCUT2D eigenvalue weighted by atomic mass is 10.1. The largest absolute Gasteiger partial charge is 0.0960 e. The van der Waals surface area contributed by atoms with Crippen LogP contribution in [0.4, 0.5) is 0 Å². The Kier molecular flexibility index (Phi) is 5.19. The third kappa shape index (κ3) is 3.44. The third-order valence-corrected chi connectivity index (χ3v) is 12.6. The number of hydrogen-bond acceptors (Lipinski definition) is 0. The fraction of sp³-hybridized carbons (Fsp3) is 0.381. The summed E-state index contributed by atoms with van der Waals surface area (Å²) in [5, 5.41) is 1.34. The van der Waals surface area contributed by atoms with Gasteiger partial charge in [-0.05, 0) is 27.7 Å². The van der Waals surface area contributed by atoms with Crippen LogP contribution in [0, 0.1) is 0 Å². The molecule has 0 aliphatic rings. The van der Waals surface area contributed by atoms with Gasteiger partial charge in [0.25, 0.3) is 0 Å². The van der Waals surface area contributed by atoms with Gasteiger partial charge < -0.3 is 0 Å². The number of halogens is 1. The van der Waals surface area contributed by atoms with Gasteiger partial charge in [-0.3, -0.25) is 0 Å². The monoisotopic (exact) mass is 346 g/mol. The van der Waals surface area contributed by atoms with Crippen LogP contribution in [-0.4, -0.2) is 15.6 Å². The van der Waals surface area contributed by atoms with Gasteiger partial charge in [0.1, 0.15) is 0 Å². The van der Waals surface area contributed by atoms with Crippen molar-refractivity contribution in [3.05, 3.63) is 71.8 Å². The van der Waals surface area contributed by atoms with Crippen molar-refractivity contribution in [2.75, 3.05) is 0 Å². The lowest BCUT2D eigenvalue weighted by molar-refractivity contribution is 0.715. The van der Waals surface area contributed by atoms with Gasteiger partial charge in [0.05, 0.1) is 0 Å². The second-order valence-electron chi connectivity index (χ2n) is 8.01. The van der Waals surface area contributed by atoms with E-state index in [9.17, 15) is 0 Å². The van der Waals surface area contributed by atoms with E-state index >= 15 is 0 Å². The molecular formula is C21H28ClP. The van der Waals surface area contributed by atoms with Gasteiger partial charge in [-0.1, -0.05) is 113 Å². The Bertz CT molecular complexity index is 642. The quantitative estimate of drug-likeness (QED) is 0.512. The molecule has 0 nitrogen and oxygen atoms in total. The van der Waals surface area contributed by atoms with E-state index in [1.165, 1.54) is 16.4 Å². The Morgan fingerprint density at radius 2 is 0.957 bits per heavy atom. The fourth-order valence-electron chi connectivity index (χ4n) is 3.39. The van der Waals surface area contributed by atoms with Crippen LogP contribution in [0.3, 0.4) is 0 Å². The molecule has 124 valence electrons. The van der Waals surface area contributed by atoms with Crippen molar-refractivity contribution in [1.82, 2.24) is 0 Å². The molecule has 0 aromatic heterocycles. The summed E-state index contributed by atoms with van der Waals surface area (Å²) < 4.78 is 0. The molecule has 0 amide bonds. The first kappa shape index (κ1) is 18.4. The molecule has 0 unspecified atom stereocenters. The summed E-state index contributed by atoms with van der Waals surface area (Å²) in [6.45, 7) is 13.7. The van der Waals surface area contributed by atoms with Crippen molar-refractivity contribution < 1.29 is 0 Å². The maximum atomic E-state index is 7.60. The van der Waals surface area contributed by atoms with Gasteiger partial charge in [-0.25, -0.2) is 0 Å². The molecule has 0 fully saturated rings. The summed E-state index contributed by atoms with van der Waals surface area (Å²) >= 11 is 7.60. The predicted molar refractivity (Wildman–Crippen MR) is 108 cm³/mol. The molecule has 0 saturated heterocycles. The number of hydrogen-bond donors (Lipinski definition) is 0. The molecule has 2 aromatic rings. The van der Waals surface area contributed by atoms with Crippen molar-refractivity contribution in [3.8, 4) is 0 Å². The van der Waals surface area contributed by atoms with Crippen molar-refractivity contribution in [3.63, 3.8) is 0 Å². The first-order valence-electron chi connectivity index (χ1n) is 8.16. The molecule has 0 bridgehead atoms. The van der Waals surface area contributed by atoms with E-state index < -0.39 is 6.24 Å². The molecule has 0 atom stereocenters. The molecule has 0 radical (unpaired) electrons. The lowest BCUT2D eigenvalue weighted by Gasteiger charge is -2.46. The Morgan fingerprint density at radius 1 is 0.652 bits per heavy atom. The zero-order valence-electron chi connectivity index (χ0n) is 15.1. The fourth-order valence-corrected chi connectivity index (χ4v) is 8.34. The minimum Gasteiger partial charge on any atom is -0.0960 e. The molecule has 23 heavy (non-hydrogen) atoms. The minimum atomic E-state index is -2.00. The molecule has 0 aliphatic heterocycles. The molecule has 0 N–H and O–H groups in total. The Labute approximate surface area is 146 Å². The zero-order chi connectivity index (χ0) is 17.3. The summed E-state index contributed by atoms with van der Waals surface area (Å²) in [6.07, 6.45) is -2.00. The van der Waals surface area contributed by atoms with Gasteiger partial charge in [-0.15, -0.1) is 0 Å². The SMILES string of the molecule is CC(C)(C)P(Cl)(=C(c1ccccc1)c1ccccc1)C(C)(C)C. The van der Waals surface area contributed by atoms with Crippen LogP contribution in [-0.2, 0) is 0 Å². The van der Waals surface area contributed by atoms with Crippen LogP contribution in [0.2, 0.25) is 0 Å². The Morgan fingerprint density at radius 3 is 1.22 bits per heavy atom. The first-order valence-corrected chi connectivity index (χ1v) is 10.9. The topological polar surface area (TPSA) is 0 Å². The van der Waals surface area contributed by atoms with Crippen LogP contribution < -0.4 is 0 Å². The third-order valence-electron chi connectivity index (χ3n) is 4.25. The van der Waals surface area contributed by atoms with Crippen LogP contribution in [0.25, 0.3) is 0 Å². The summed E-state index contributed by atoms with van der Waals surface area (Å²) in [7, 11) is 0. The minimum absolute atomic E-state index is 0.00776. The highest BCUT2D eigenvalue weighted by atomic mass is 35.7. The molecule has 0 saturated carbocycles. The Hall–Kier alpha value is -0.970. The van der Waals surface area contributed by atoms with Gasteiger partial charge in [0, 0.05) is 5.29 Å². The molecule has 0 spiro atoms. The van der Waals surface area contributed by atoms with E-state index in [-0.39, 0.29) is 10.3 Å². The van der Waals surface area contributed by atoms with Crippen molar-refractivity contribution in [2.45, 2.75) is 51.9 Å². The van der Waals surface area contributed by atoms with Crippen LogP contribution in [0.5, 0.6) is 0 Å². The highest BCUT2D eigenvalue weighted by Gasteiger charge is 2.43. The highest BCUT2D eigenvalue weighted by molar-refractivity contribution is 8.01. The number of rotatable bonds is 2. The van der Waals surface area contributed by atoms with Crippen molar-refractivity contribution >= 4 is 22.8 Å². The van der Waals surface area contributed by atoms with Crippen molar-refractivity contribution in [1.29, 1.82) is 0 Å². The average molecular weight is 347 g/mol. The summed E-state index contributed by atoms with van der Waals surface area (Å²) in [6, 6.07) is 21.3. The Balaban J connectivity index is 3.00. The summed E-state index contributed by atoms with van der Waals surface area (Å²) in [5.74, 6) is 0. The van der Waals surface area contributed by atoms with Crippen molar-refractivity contribution in [2.24, 2.45) is 0 Å². The second kappa shape index (κ2) is 6.50. The highest BCUT2D eigenvalue weighted by Crippen LogP contribution is 2.74. The van der Waals surface area contributed by atoms with Crippen LogP contribution in [0.15, 0.2) is 60.7 Å². The van der Waals surface area contributed by atoms with Crippen LogP contribution in [0.1, 0.15) is 52.7 Å². The smallest absolute Gasteiger partial charge is 0.00170 e. The maximum absolute atomic E-state index is 7.60. The molecule has 0 aliphatic carbocycles. The van der Waals surface area contributed by atoms with Gasteiger partial charge in [-0.2, -0.15) is 0 Å². The van der Waals surface area contributed by atoms with E-state index in [2.05, 4.69) is 102 Å². The maximum Gasteiger partial charge on any atom is 0.00170 e. The molecule has 2 heteroatoms. The van der Waals surface area contributed by atoms with E-state index in [0.717, 1.165) is 0 Å². The second-order valence-corrected chi connectivity index (χ2v) is 13.8. The summed E-state index contributed by atoms with van der Waals surface area (Å²) in [5.41, 5.74) is 2.48. The van der Waals surface area contributed by atoms with E-state index in [4.69, 9.17) is 11.2 Å². The zero-order valence-corrected chi connectivity index (χ0v) is 16.7. The molecule has 2 rings (SSSR count).